The summed E-state index contributed by atoms with van der Waals surface area (Å²) in [6.45, 7) is 0.955. The first kappa shape index (κ1) is 9.99. The summed E-state index contributed by atoms with van der Waals surface area (Å²) in [6, 6.07) is 0. The van der Waals surface area contributed by atoms with E-state index < -0.39 is 0 Å². The van der Waals surface area contributed by atoms with Gasteiger partial charge in [-0.15, -0.1) is 0 Å². The fraction of sp³-hybridized carbons (Fsp3) is 1.00. The normalized spacial score (nSPS) is 7.00. The minimum Gasteiger partial charge on any atom is -1.00 e. The molecule has 0 aromatic carbocycles. The van der Waals surface area contributed by atoms with Gasteiger partial charge < -0.3 is 12.4 Å². The molecule has 0 saturated heterocycles. The van der Waals surface area contributed by atoms with Crippen LogP contribution < -0.4 is 40.8 Å². The second-order valence-corrected chi connectivity index (χ2v) is 0.697. The molecule has 4 N–H and O–H groups in total. The molecular weight excluding hydrogens is 91.0 g/mol. The third kappa shape index (κ3) is 8.86. The van der Waals surface area contributed by atoms with E-state index in [4.69, 9.17) is 10.9 Å². The zero-order valence-corrected chi connectivity index (χ0v) is 5.94. The summed E-state index contributed by atoms with van der Waals surface area (Å²) in [7, 11) is 0. The Kier molecular flexibility index (Phi) is 15.5. The van der Waals surface area contributed by atoms with E-state index in [1.54, 1.807) is 0 Å². The molecular formula is C2H9N2NaO. The van der Waals surface area contributed by atoms with Gasteiger partial charge in [0.2, 0.25) is 0 Å². The van der Waals surface area contributed by atoms with Crippen LogP contribution in [0.2, 0.25) is 0 Å². The molecule has 0 aromatic heterocycles. The Bertz CT molecular complexity index is 23.2. The Morgan fingerprint density at radius 1 is 1.83 bits per heavy atom. The van der Waals surface area contributed by atoms with E-state index in [1.807, 2.05) is 5.48 Å². The van der Waals surface area contributed by atoms with E-state index in [0.717, 1.165) is 0 Å². The van der Waals surface area contributed by atoms with Gasteiger partial charge in [0.25, 0.3) is 0 Å². The average molecular weight is 100 g/mol. The molecule has 0 heterocycles. The molecule has 0 aliphatic heterocycles. The van der Waals surface area contributed by atoms with E-state index in [9.17, 15) is 0 Å². The third-order valence-electron chi connectivity index (χ3n) is 0.256. The van der Waals surface area contributed by atoms with Crippen molar-refractivity contribution in [1.82, 2.24) is 5.48 Å². The SMILES string of the molecule is NCCNO.[H-].[Na+]. The molecule has 0 bridgehead atoms. The Morgan fingerprint density at radius 2 is 2.33 bits per heavy atom. The summed E-state index contributed by atoms with van der Waals surface area (Å²) in [5.74, 6) is 0. The van der Waals surface area contributed by atoms with Gasteiger partial charge in [-0.25, -0.2) is 5.48 Å². The molecule has 0 aliphatic rings. The van der Waals surface area contributed by atoms with Crippen molar-refractivity contribution in [2.45, 2.75) is 0 Å². The number of hydroxylamine groups is 1. The largest absolute Gasteiger partial charge is 1.00 e. The van der Waals surface area contributed by atoms with Crippen LogP contribution in [0.3, 0.4) is 0 Å². The van der Waals surface area contributed by atoms with Gasteiger partial charge in [0.15, 0.2) is 0 Å². The fourth-order valence-electron chi connectivity index (χ4n) is 0.0645. The van der Waals surface area contributed by atoms with Crippen molar-refractivity contribution >= 4 is 0 Å². The van der Waals surface area contributed by atoms with Gasteiger partial charge in [-0.3, -0.25) is 0 Å². The smallest absolute Gasteiger partial charge is 1.00 e. The number of hydrogen-bond donors (Lipinski definition) is 3. The zero-order valence-electron chi connectivity index (χ0n) is 4.94. The number of nitrogens with two attached hydrogens (primary N) is 1. The molecule has 0 amide bonds. The van der Waals surface area contributed by atoms with Crippen molar-refractivity contribution in [2.24, 2.45) is 5.73 Å². The Morgan fingerprint density at radius 3 is 2.33 bits per heavy atom. The molecule has 0 aliphatic carbocycles. The molecule has 0 aromatic rings. The predicted molar refractivity (Wildman–Crippen MR) is 20.0 cm³/mol. The van der Waals surface area contributed by atoms with Gasteiger partial charge in [-0.2, -0.15) is 0 Å². The monoisotopic (exact) mass is 100 g/mol. The summed E-state index contributed by atoms with van der Waals surface area (Å²) < 4.78 is 0. The van der Waals surface area contributed by atoms with Gasteiger partial charge in [0, 0.05) is 13.1 Å². The predicted octanol–water partition coefficient (Wildman–Crippen LogP) is -3.96. The topological polar surface area (TPSA) is 58.3 Å². The quantitative estimate of drug-likeness (QED) is 0.245. The molecule has 0 rings (SSSR count). The van der Waals surface area contributed by atoms with Crippen LogP contribution in [0.1, 0.15) is 1.43 Å². The molecule has 0 atom stereocenters. The first-order chi connectivity index (χ1) is 2.41. The summed E-state index contributed by atoms with van der Waals surface area (Å²) >= 11 is 0. The fourth-order valence-corrected chi connectivity index (χ4v) is 0.0645. The van der Waals surface area contributed by atoms with Gasteiger partial charge >= 0.3 is 29.6 Å². The summed E-state index contributed by atoms with van der Waals surface area (Å²) in [6.07, 6.45) is 0. The Hall–Kier alpha value is 0.880. The Labute approximate surface area is 60.6 Å². The zero-order chi connectivity index (χ0) is 4.12. The van der Waals surface area contributed by atoms with Crippen molar-refractivity contribution in [2.75, 3.05) is 13.1 Å². The van der Waals surface area contributed by atoms with Crippen LogP contribution in [0.25, 0.3) is 0 Å². The van der Waals surface area contributed by atoms with Gasteiger partial charge in [0.05, 0.1) is 0 Å². The van der Waals surface area contributed by atoms with Crippen LogP contribution in [-0.4, -0.2) is 18.3 Å². The van der Waals surface area contributed by atoms with E-state index in [2.05, 4.69) is 0 Å². The standard InChI is InChI=1S/C2H8N2O.Na.H/c3-1-2-4-5;;/h4-5H,1-3H2;;/q;+1;-1. The van der Waals surface area contributed by atoms with Crippen LogP contribution >= 0.6 is 0 Å². The van der Waals surface area contributed by atoms with E-state index in [1.165, 1.54) is 0 Å². The van der Waals surface area contributed by atoms with Crippen LogP contribution in [-0.2, 0) is 0 Å². The molecule has 0 radical (unpaired) electrons. The molecule has 4 heteroatoms. The van der Waals surface area contributed by atoms with E-state index in [0.29, 0.717) is 13.1 Å². The summed E-state index contributed by atoms with van der Waals surface area (Å²) in [5.41, 5.74) is 6.81. The summed E-state index contributed by atoms with van der Waals surface area (Å²) in [4.78, 5) is 0. The van der Waals surface area contributed by atoms with Crippen LogP contribution in [0.15, 0.2) is 0 Å². The molecule has 0 saturated carbocycles. The first-order valence-electron chi connectivity index (χ1n) is 1.49. The van der Waals surface area contributed by atoms with E-state index >= 15 is 0 Å². The molecule has 0 spiro atoms. The summed E-state index contributed by atoms with van der Waals surface area (Å²) in [5, 5.41) is 7.74. The second-order valence-electron chi connectivity index (χ2n) is 0.697. The molecule has 0 unspecified atom stereocenters. The van der Waals surface area contributed by atoms with E-state index in [-0.39, 0.29) is 31.0 Å². The molecule has 3 nitrogen and oxygen atoms in total. The van der Waals surface area contributed by atoms with Crippen molar-refractivity contribution in [1.29, 1.82) is 0 Å². The van der Waals surface area contributed by atoms with Crippen molar-refractivity contribution in [3.05, 3.63) is 0 Å². The number of rotatable bonds is 2. The van der Waals surface area contributed by atoms with Crippen molar-refractivity contribution in [3.63, 3.8) is 0 Å². The molecule has 0 fully saturated rings. The van der Waals surface area contributed by atoms with Crippen LogP contribution in [0, 0.1) is 0 Å². The second kappa shape index (κ2) is 9.30. The van der Waals surface area contributed by atoms with Crippen LogP contribution in [0.4, 0.5) is 0 Å². The molecule has 34 valence electrons. The minimum absolute atomic E-state index is 0. The van der Waals surface area contributed by atoms with Crippen molar-refractivity contribution in [3.8, 4) is 0 Å². The maximum absolute atomic E-state index is 7.74. The van der Waals surface area contributed by atoms with Gasteiger partial charge in [-0.1, -0.05) is 0 Å². The van der Waals surface area contributed by atoms with Crippen molar-refractivity contribution < 1.29 is 36.2 Å². The molecule has 6 heavy (non-hydrogen) atoms. The third-order valence-corrected chi connectivity index (χ3v) is 0.256. The average Bonchev–Trinajstić information content (AvgIpc) is 1.41. The maximum Gasteiger partial charge on any atom is 1.00 e. The van der Waals surface area contributed by atoms with Gasteiger partial charge in [0.1, 0.15) is 0 Å². The number of nitrogens with one attached hydrogen (secondary N) is 1. The van der Waals surface area contributed by atoms with Crippen LogP contribution in [0.5, 0.6) is 0 Å². The minimum atomic E-state index is 0. The maximum atomic E-state index is 7.74. The number of hydrogen-bond acceptors (Lipinski definition) is 3. The Balaban J connectivity index is -0.0000000800. The van der Waals surface area contributed by atoms with Gasteiger partial charge in [-0.05, 0) is 0 Å². The first-order valence-corrected chi connectivity index (χ1v) is 1.49.